The van der Waals surface area contributed by atoms with E-state index in [4.69, 9.17) is 4.74 Å². The lowest BCUT2D eigenvalue weighted by Crippen LogP contribution is -2.27. The van der Waals surface area contributed by atoms with Crippen molar-refractivity contribution in [1.29, 1.82) is 0 Å². The van der Waals surface area contributed by atoms with Gasteiger partial charge in [0.15, 0.2) is 0 Å². The third-order valence-corrected chi connectivity index (χ3v) is 2.94. The van der Waals surface area contributed by atoms with Crippen molar-refractivity contribution in [3.05, 3.63) is 29.7 Å². The number of hydrogen-bond donors (Lipinski definition) is 0. The molecule has 0 amide bonds. The molecule has 0 saturated carbocycles. The Bertz CT molecular complexity index is 631. The zero-order valence-corrected chi connectivity index (χ0v) is 12.5. The Morgan fingerprint density at radius 1 is 1.47 bits per heavy atom. The van der Waals surface area contributed by atoms with Crippen LogP contribution in [0.3, 0.4) is 0 Å². The van der Waals surface area contributed by atoms with Crippen molar-refractivity contribution in [2.75, 3.05) is 0 Å². The summed E-state index contributed by atoms with van der Waals surface area (Å²) in [7, 11) is 0. The first-order chi connectivity index (χ1) is 8.81. The molecule has 0 aliphatic carbocycles. The zero-order chi connectivity index (χ0) is 14.2. The molecule has 1 aromatic carbocycles. The summed E-state index contributed by atoms with van der Waals surface area (Å²) >= 11 is 3.30. The molecular formula is C13H14BrFN2O2. The maximum absolute atomic E-state index is 13.3. The highest BCUT2D eigenvalue weighted by Crippen LogP contribution is 2.22. The molecular weight excluding hydrogens is 315 g/mol. The van der Waals surface area contributed by atoms with Gasteiger partial charge in [0, 0.05) is 16.8 Å². The van der Waals surface area contributed by atoms with Crippen molar-refractivity contribution in [2.24, 2.45) is 0 Å². The number of rotatable bonds is 1. The van der Waals surface area contributed by atoms with Gasteiger partial charge in [0.1, 0.15) is 11.4 Å². The fourth-order valence-corrected chi connectivity index (χ4v) is 2.11. The Morgan fingerprint density at radius 2 is 2.16 bits per heavy atom. The zero-order valence-electron chi connectivity index (χ0n) is 10.9. The minimum absolute atomic E-state index is 0.406. The van der Waals surface area contributed by atoms with Crippen LogP contribution >= 0.6 is 15.9 Å². The maximum atomic E-state index is 13.3. The molecule has 0 bridgehead atoms. The minimum atomic E-state index is -0.628. The average Bonchev–Trinajstić information content (AvgIpc) is 2.64. The third kappa shape index (κ3) is 2.94. The van der Waals surface area contributed by atoms with Crippen molar-refractivity contribution in [1.82, 2.24) is 9.78 Å². The number of benzene rings is 1. The monoisotopic (exact) mass is 328 g/mol. The Hall–Kier alpha value is -1.43. The quantitative estimate of drug-likeness (QED) is 0.747. The summed E-state index contributed by atoms with van der Waals surface area (Å²) < 4.78 is 19.7. The van der Waals surface area contributed by atoms with Crippen LogP contribution in [0.15, 0.2) is 18.2 Å². The summed E-state index contributed by atoms with van der Waals surface area (Å²) in [5, 5.41) is 5.36. The second-order valence-electron chi connectivity index (χ2n) is 5.13. The van der Waals surface area contributed by atoms with Gasteiger partial charge < -0.3 is 4.74 Å². The maximum Gasteiger partial charge on any atom is 0.435 e. The molecule has 0 aliphatic heterocycles. The first kappa shape index (κ1) is 14.0. The summed E-state index contributed by atoms with van der Waals surface area (Å²) in [6, 6.07) is 4.23. The summed E-state index contributed by atoms with van der Waals surface area (Å²) in [4.78, 5) is 12.1. The topological polar surface area (TPSA) is 44.1 Å². The lowest BCUT2D eigenvalue weighted by molar-refractivity contribution is 0.0522. The Labute approximate surface area is 118 Å². The number of aromatic nitrogens is 2. The number of fused-ring (bicyclic) bond motifs is 1. The van der Waals surface area contributed by atoms with Crippen LogP contribution in [-0.2, 0) is 10.1 Å². The van der Waals surface area contributed by atoms with Gasteiger partial charge in [-0.1, -0.05) is 15.9 Å². The van der Waals surface area contributed by atoms with Crippen LogP contribution in [0.4, 0.5) is 9.18 Å². The molecule has 4 nitrogen and oxygen atoms in total. The molecule has 6 heteroatoms. The summed E-state index contributed by atoms with van der Waals surface area (Å²) in [6.07, 6.45) is -0.615. The first-order valence-corrected chi connectivity index (χ1v) is 6.90. The fraction of sp³-hybridized carbons (Fsp3) is 0.385. The van der Waals surface area contributed by atoms with Gasteiger partial charge in [0.25, 0.3) is 0 Å². The molecule has 2 aromatic rings. The Balaban J connectivity index is 2.54. The lowest BCUT2D eigenvalue weighted by Gasteiger charge is -2.19. The number of halogens is 2. The van der Waals surface area contributed by atoms with E-state index in [0.29, 0.717) is 16.5 Å². The van der Waals surface area contributed by atoms with Crippen LogP contribution in [0.5, 0.6) is 0 Å². The molecule has 102 valence electrons. The van der Waals surface area contributed by atoms with Gasteiger partial charge in [-0.05, 0) is 32.9 Å². The Kier molecular flexibility index (Phi) is 3.62. The minimum Gasteiger partial charge on any atom is -0.442 e. The van der Waals surface area contributed by atoms with E-state index < -0.39 is 17.5 Å². The summed E-state index contributed by atoms with van der Waals surface area (Å²) in [5.41, 5.74) is 0.446. The molecule has 0 atom stereocenters. The normalized spacial score (nSPS) is 11.8. The molecule has 0 spiro atoms. The lowest BCUT2D eigenvalue weighted by atomic mass is 10.2. The highest BCUT2D eigenvalue weighted by Gasteiger charge is 2.22. The van der Waals surface area contributed by atoms with Crippen molar-refractivity contribution in [2.45, 2.75) is 31.7 Å². The number of carbonyl (C=O) groups is 1. The molecule has 0 fully saturated rings. The van der Waals surface area contributed by atoms with Crippen molar-refractivity contribution in [3.63, 3.8) is 0 Å². The van der Waals surface area contributed by atoms with Crippen LogP contribution in [0.25, 0.3) is 10.9 Å². The van der Waals surface area contributed by atoms with Gasteiger partial charge in [-0.25, -0.2) is 9.18 Å². The van der Waals surface area contributed by atoms with Gasteiger partial charge in [-0.2, -0.15) is 9.78 Å². The van der Waals surface area contributed by atoms with E-state index in [1.807, 2.05) is 0 Å². The van der Waals surface area contributed by atoms with E-state index in [9.17, 15) is 9.18 Å². The molecule has 19 heavy (non-hydrogen) atoms. The highest BCUT2D eigenvalue weighted by atomic mass is 79.9. The molecule has 0 aliphatic rings. The summed E-state index contributed by atoms with van der Waals surface area (Å²) in [5.74, 6) is -0.418. The van der Waals surface area contributed by atoms with E-state index in [-0.39, 0.29) is 0 Å². The predicted molar refractivity (Wildman–Crippen MR) is 74.0 cm³/mol. The van der Waals surface area contributed by atoms with E-state index in [1.165, 1.54) is 12.1 Å². The van der Waals surface area contributed by atoms with Crippen LogP contribution in [0.1, 0.15) is 26.5 Å². The van der Waals surface area contributed by atoms with E-state index in [0.717, 1.165) is 10.1 Å². The van der Waals surface area contributed by atoms with Gasteiger partial charge in [0.2, 0.25) is 0 Å². The summed E-state index contributed by atoms with van der Waals surface area (Å²) in [6.45, 7) is 5.30. The standard InChI is InChI=1S/C13H14BrFN2O2/c1-13(2,3)19-12(18)17-11-6-8(15)4-5-9(11)10(7-14)16-17/h4-6H,7H2,1-3H3. The van der Waals surface area contributed by atoms with Crippen LogP contribution in [0, 0.1) is 5.82 Å². The first-order valence-electron chi connectivity index (χ1n) is 5.78. The number of ether oxygens (including phenoxy) is 1. The number of hydrogen-bond acceptors (Lipinski definition) is 3. The van der Waals surface area contributed by atoms with E-state index >= 15 is 0 Å². The van der Waals surface area contributed by atoms with Crippen LogP contribution < -0.4 is 0 Å². The highest BCUT2D eigenvalue weighted by molar-refractivity contribution is 9.08. The number of carbonyl (C=O) groups excluding carboxylic acids is 1. The van der Waals surface area contributed by atoms with E-state index in [2.05, 4.69) is 21.0 Å². The van der Waals surface area contributed by atoms with Gasteiger partial charge >= 0.3 is 6.09 Å². The van der Waals surface area contributed by atoms with Crippen LogP contribution in [-0.4, -0.2) is 21.5 Å². The van der Waals surface area contributed by atoms with Crippen molar-refractivity contribution >= 4 is 32.9 Å². The van der Waals surface area contributed by atoms with Gasteiger partial charge in [0.05, 0.1) is 11.2 Å². The largest absolute Gasteiger partial charge is 0.442 e. The SMILES string of the molecule is CC(C)(C)OC(=O)n1nc(CBr)c2ccc(F)cc21. The second kappa shape index (κ2) is 4.92. The molecule has 1 heterocycles. The van der Waals surface area contributed by atoms with Crippen LogP contribution in [0.2, 0.25) is 0 Å². The smallest absolute Gasteiger partial charge is 0.435 e. The average molecular weight is 329 g/mol. The third-order valence-electron chi connectivity index (χ3n) is 2.41. The molecule has 0 unspecified atom stereocenters. The van der Waals surface area contributed by atoms with Gasteiger partial charge in [-0.15, -0.1) is 0 Å². The number of alkyl halides is 1. The molecule has 0 saturated heterocycles. The fourth-order valence-electron chi connectivity index (χ4n) is 1.70. The molecule has 1 aromatic heterocycles. The number of nitrogens with zero attached hydrogens (tertiary/aromatic N) is 2. The van der Waals surface area contributed by atoms with E-state index in [1.54, 1.807) is 26.8 Å². The van der Waals surface area contributed by atoms with Crippen molar-refractivity contribution < 1.29 is 13.9 Å². The molecule has 2 rings (SSSR count). The van der Waals surface area contributed by atoms with Crippen molar-refractivity contribution in [3.8, 4) is 0 Å². The molecule has 0 N–H and O–H groups in total. The Morgan fingerprint density at radius 3 is 2.74 bits per heavy atom. The predicted octanol–water partition coefficient (Wildman–Crippen LogP) is 3.85. The molecule has 0 radical (unpaired) electrons. The van der Waals surface area contributed by atoms with Gasteiger partial charge in [-0.3, -0.25) is 0 Å². The second-order valence-corrected chi connectivity index (χ2v) is 5.69.